The fourth-order valence-corrected chi connectivity index (χ4v) is 6.19. The molecule has 1 aliphatic carbocycles. The van der Waals surface area contributed by atoms with E-state index in [-0.39, 0.29) is 0 Å². The molecule has 7 rings (SSSR count). The van der Waals surface area contributed by atoms with Crippen LogP contribution in [-0.2, 0) is 0 Å². The average Bonchev–Trinajstić information content (AvgIpc) is 3.32. The highest BCUT2D eigenvalue weighted by Crippen LogP contribution is 2.48. The van der Waals surface area contributed by atoms with Crippen LogP contribution in [0.1, 0.15) is 23.1 Å². The first-order valence-corrected chi connectivity index (χ1v) is 13.8. The van der Waals surface area contributed by atoms with Crippen LogP contribution in [-0.4, -0.2) is 6.04 Å². The predicted octanol–water partition coefficient (Wildman–Crippen LogP) is 10.2. The highest BCUT2D eigenvalue weighted by Gasteiger charge is 2.35. The maximum absolute atomic E-state index is 2.52. The minimum absolute atomic E-state index is 0.323. The quantitative estimate of drug-likeness (QED) is 0.237. The number of allylic oxidation sites excluding steroid dienone is 2. The number of hydrogen-bond donors (Lipinski definition) is 0. The maximum Gasteiger partial charge on any atom is 0.0632 e. The summed E-state index contributed by atoms with van der Waals surface area (Å²) in [5, 5.41) is 0. The van der Waals surface area contributed by atoms with Gasteiger partial charge in [0.15, 0.2) is 0 Å². The molecule has 1 unspecified atom stereocenters. The molecule has 39 heavy (non-hydrogen) atoms. The third-order valence-electron chi connectivity index (χ3n) is 8.27. The zero-order valence-electron chi connectivity index (χ0n) is 22.4. The minimum Gasteiger partial charge on any atom is -0.333 e. The van der Waals surface area contributed by atoms with Crippen LogP contribution in [0.4, 0.5) is 11.4 Å². The number of benzene rings is 5. The summed E-state index contributed by atoms with van der Waals surface area (Å²) in [6.45, 7) is 4.40. The molecule has 0 aromatic heterocycles. The molecular formula is C38H31N. The van der Waals surface area contributed by atoms with Crippen LogP contribution in [0.15, 0.2) is 133 Å². The molecule has 0 saturated carbocycles. The number of aryl methyl sites for hydroxylation is 2. The molecule has 188 valence electrons. The van der Waals surface area contributed by atoms with Gasteiger partial charge in [0.2, 0.25) is 0 Å². The van der Waals surface area contributed by atoms with Gasteiger partial charge in [0.05, 0.1) is 6.04 Å². The molecule has 1 nitrogen and oxygen atoms in total. The molecule has 0 spiro atoms. The van der Waals surface area contributed by atoms with Crippen molar-refractivity contribution in [2.45, 2.75) is 26.3 Å². The minimum atomic E-state index is 0.323. The van der Waals surface area contributed by atoms with E-state index in [0.717, 1.165) is 6.42 Å². The summed E-state index contributed by atoms with van der Waals surface area (Å²) in [4.78, 5) is 2.52. The van der Waals surface area contributed by atoms with Crippen molar-refractivity contribution in [3.05, 3.63) is 150 Å². The summed E-state index contributed by atoms with van der Waals surface area (Å²) in [5.74, 6) is 0. The van der Waals surface area contributed by atoms with Crippen LogP contribution >= 0.6 is 0 Å². The molecule has 1 heterocycles. The lowest BCUT2D eigenvalue weighted by Crippen LogP contribution is -2.26. The molecule has 0 amide bonds. The van der Waals surface area contributed by atoms with Crippen LogP contribution in [0, 0.1) is 13.8 Å². The van der Waals surface area contributed by atoms with Crippen LogP contribution in [0.5, 0.6) is 0 Å². The molecule has 5 aromatic carbocycles. The maximum atomic E-state index is 2.52. The normalized spacial score (nSPS) is 15.6. The number of hydrogen-bond acceptors (Lipinski definition) is 1. The van der Waals surface area contributed by atoms with E-state index in [1.54, 1.807) is 0 Å². The third kappa shape index (κ3) is 4.11. The van der Waals surface area contributed by atoms with Crippen molar-refractivity contribution in [2.75, 3.05) is 4.90 Å². The van der Waals surface area contributed by atoms with E-state index in [4.69, 9.17) is 0 Å². The second kappa shape index (κ2) is 9.60. The second-order valence-electron chi connectivity index (χ2n) is 10.7. The average molecular weight is 502 g/mol. The van der Waals surface area contributed by atoms with E-state index in [9.17, 15) is 0 Å². The molecule has 0 fully saturated rings. The summed E-state index contributed by atoms with van der Waals surface area (Å²) < 4.78 is 0. The van der Waals surface area contributed by atoms with Crippen molar-refractivity contribution in [3.63, 3.8) is 0 Å². The summed E-state index contributed by atoms with van der Waals surface area (Å²) in [5.41, 5.74) is 15.5. The number of rotatable bonds is 4. The highest BCUT2D eigenvalue weighted by molar-refractivity contribution is 5.95. The van der Waals surface area contributed by atoms with Gasteiger partial charge in [-0.05, 0) is 101 Å². The van der Waals surface area contributed by atoms with Gasteiger partial charge in [0.1, 0.15) is 0 Å². The zero-order valence-corrected chi connectivity index (χ0v) is 22.4. The molecule has 0 bridgehead atoms. The van der Waals surface area contributed by atoms with Crippen LogP contribution in [0.2, 0.25) is 0 Å². The van der Waals surface area contributed by atoms with Crippen molar-refractivity contribution in [3.8, 4) is 33.4 Å². The van der Waals surface area contributed by atoms with E-state index >= 15 is 0 Å². The van der Waals surface area contributed by atoms with Gasteiger partial charge in [-0.1, -0.05) is 103 Å². The SMILES string of the molecule is Cc1ccccc1-c1cc(-c2ccc3c(c2)C2=CC=CCC2N3c2ccc(-c3ccccc3)cc2)ccc1C. The van der Waals surface area contributed by atoms with Gasteiger partial charge < -0.3 is 4.90 Å². The van der Waals surface area contributed by atoms with E-state index in [2.05, 4.69) is 152 Å². The molecule has 0 radical (unpaired) electrons. The first-order valence-electron chi connectivity index (χ1n) is 13.8. The third-order valence-corrected chi connectivity index (χ3v) is 8.27. The Morgan fingerprint density at radius 1 is 0.564 bits per heavy atom. The van der Waals surface area contributed by atoms with Gasteiger partial charge in [-0.15, -0.1) is 0 Å². The Kier molecular flexibility index (Phi) is 5.78. The lowest BCUT2D eigenvalue weighted by atomic mass is 9.91. The van der Waals surface area contributed by atoms with Crippen LogP contribution in [0.25, 0.3) is 39.0 Å². The first-order chi connectivity index (χ1) is 19.2. The predicted molar refractivity (Wildman–Crippen MR) is 166 cm³/mol. The first kappa shape index (κ1) is 23.5. The van der Waals surface area contributed by atoms with E-state index < -0.39 is 0 Å². The Hall–Kier alpha value is -4.62. The van der Waals surface area contributed by atoms with Crippen molar-refractivity contribution in [1.29, 1.82) is 0 Å². The Labute approximate surface area is 231 Å². The van der Waals surface area contributed by atoms with Crippen LogP contribution in [0.3, 0.4) is 0 Å². The Bertz CT molecular complexity index is 1740. The van der Waals surface area contributed by atoms with Gasteiger partial charge in [-0.25, -0.2) is 0 Å². The molecule has 1 atom stereocenters. The molecule has 1 aliphatic heterocycles. The lowest BCUT2D eigenvalue weighted by molar-refractivity contribution is 0.829. The summed E-state index contributed by atoms with van der Waals surface area (Å²) >= 11 is 0. The van der Waals surface area contributed by atoms with Crippen molar-refractivity contribution in [2.24, 2.45) is 0 Å². The molecule has 2 aliphatic rings. The van der Waals surface area contributed by atoms with E-state index in [1.807, 2.05) is 0 Å². The summed E-state index contributed by atoms with van der Waals surface area (Å²) in [7, 11) is 0. The molecule has 1 heteroatoms. The largest absolute Gasteiger partial charge is 0.333 e. The Morgan fingerprint density at radius 2 is 1.21 bits per heavy atom. The van der Waals surface area contributed by atoms with Gasteiger partial charge in [0, 0.05) is 16.9 Å². The van der Waals surface area contributed by atoms with E-state index in [1.165, 1.54) is 67.0 Å². The fourth-order valence-electron chi connectivity index (χ4n) is 6.19. The monoisotopic (exact) mass is 501 g/mol. The van der Waals surface area contributed by atoms with Gasteiger partial charge in [-0.3, -0.25) is 0 Å². The standard InChI is InChI=1S/C38H31N/c1-26-10-6-7-13-33(26)35-24-30(17-16-27(35)2)31-20-23-38-36(25-31)34-14-8-9-15-37(34)39(38)32-21-18-29(19-22-32)28-11-4-3-5-12-28/h3-14,16-25,37H,15H2,1-2H3. The smallest absolute Gasteiger partial charge is 0.0632 e. The molecule has 5 aromatic rings. The Balaban J connectivity index is 1.29. The summed E-state index contributed by atoms with van der Waals surface area (Å²) in [6.07, 6.45) is 7.83. The number of fused-ring (bicyclic) bond motifs is 3. The van der Waals surface area contributed by atoms with Crippen LogP contribution < -0.4 is 4.90 Å². The molecular weight excluding hydrogens is 470 g/mol. The van der Waals surface area contributed by atoms with Gasteiger partial charge in [-0.2, -0.15) is 0 Å². The summed E-state index contributed by atoms with van der Waals surface area (Å²) in [6, 6.07) is 42.5. The Morgan fingerprint density at radius 3 is 2.00 bits per heavy atom. The van der Waals surface area contributed by atoms with Crippen molar-refractivity contribution >= 4 is 16.9 Å². The number of anilines is 2. The van der Waals surface area contributed by atoms with Gasteiger partial charge in [0.25, 0.3) is 0 Å². The second-order valence-corrected chi connectivity index (χ2v) is 10.7. The van der Waals surface area contributed by atoms with Crippen molar-refractivity contribution < 1.29 is 0 Å². The highest BCUT2D eigenvalue weighted by atomic mass is 15.2. The zero-order chi connectivity index (χ0) is 26.3. The van der Waals surface area contributed by atoms with E-state index in [0.29, 0.717) is 6.04 Å². The van der Waals surface area contributed by atoms with Gasteiger partial charge >= 0.3 is 0 Å². The van der Waals surface area contributed by atoms with Crippen molar-refractivity contribution in [1.82, 2.24) is 0 Å². The lowest BCUT2D eigenvalue weighted by Gasteiger charge is -2.28. The molecule has 0 N–H and O–H groups in total. The fraction of sp³-hybridized carbons (Fsp3) is 0.105. The molecule has 0 saturated heterocycles. The topological polar surface area (TPSA) is 3.24 Å². The number of nitrogens with zero attached hydrogens (tertiary/aromatic N) is 1.